The quantitative estimate of drug-likeness (QED) is 0.621. The fourth-order valence-corrected chi connectivity index (χ4v) is 2.18. The zero-order chi connectivity index (χ0) is 11.7. The Morgan fingerprint density at radius 1 is 1.25 bits per heavy atom. The van der Waals surface area contributed by atoms with E-state index in [9.17, 15) is 15.2 Å². The first-order valence-electron chi connectivity index (χ1n) is 4.33. The molecule has 0 saturated carbocycles. The molecule has 0 unspecified atom stereocenters. The monoisotopic (exact) mass is 237 g/mol. The van der Waals surface area contributed by atoms with Gasteiger partial charge < -0.3 is 10.2 Å². The Bertz CT molecular complexity index is 550. The van der Waals surface area contributed by atoms with Crippen LogP contribution in [0.3, 0.4) is 0 Å². The van der Waals surface area contributed by atoms with Gasteiger partial charge in [0.1, 0.15) is 11.5 Å². The van der Waals surface area contributed by atoms with E-state index in [0.717, 1.165) is 0 Å². The molecule has 0 aliphatic carbocycles. The maximum absolute atomic E-state index is 10.5. The van der Waals surface area contributed by atoms with Gasteiger partial charge in [0.05, 0.1) is 10.3 Å². The van der Waals surface area contributed by atoms with Crippen LogP contribution in [-0.4, -0.2) is 15.1 Å². The molecule has 0 radical (unpaired) electrons. The second-order valence-electron chi connectivity index (χ2n) is 3.13. The first kappa shape index (κ1) is 10.4. The fourth-order valence-electron chi connectivity index (χ4n) is 1.29. The first-order valence-corrected chi connectivity index (χ1v) is 5.21. The Morgan fingerprint density at radius 2 is 2.00 bits per heavy atom. The van der Waals surface area contributed by atoms with E-state index in [1.54, 1.807) is 0 Å². The number of phenolic OH excluding ortho intramolecular Hbond substituents is 2. The number of benzene rings is 1. The summed E-state index contributed by atoms with van der Waals surface area (Å²) in [5.74, 6) is -0.149. The third-order valence-corrected chi connectivity index (χ3v) is 2.99. The Morgan fingerprint density at radius 3 is 2.56 bits per heavy atom. The molecule has 5 nitrogen and oxygen atoms in total. The van der Waals surface area contributed by atoms with Crippen molar-refractivity contribution in [2.45, 2.75) is 0 Å². The van der Waals surface area contributed by atoms with Crippen molar-refractivity contribution >= 4 is 17.0 Å². The molecule has 16 heavy (non-hydrogen) atoms. The van der Waals surface area contributed by atoms with Crippen LogP contribution in [0.2, 0.25) is 0 Å². The highest BCUT2D eigenvalue weighted by Gasteiger charge is 2.13. The van der Waals surface area contributed by atoms with Gasteiger partial charge in [0.25, 0.3) is 5.69 Å². The summed E-state index contributed by atoms with van der Waals surface area (Å²) in [6.07, 6.45) is 0. The number of hydrogen-bond donors (Lipinski definition) is 2. The molecule has 0 spiro atoms. The van der Waals surface area contributed by atoms with Gasteiger partial charge in [-0.3, -0.25) is 10.1 Å². The molecule has 2 N–H and O–H groups in total. The van der Waals surface area contributed by atoms with E-state index in [4.69, 9.17) is 5.11 Å². The van der Waals surface area contributed by atoms with Gasteiger partial charge >= 0.3 is 0 Å². The fraction of sp³-hybridized carbons (Fsp3) is 0. The Labute approximate surface area is 94.4 Å². The SMILES string of the molecule is O=[N+]([O-])c1csc(-c2ccc(O)cc2O)c1. The summed E-state index contributed by atoms with van der Waals surface area (Å²) < 4.78 is 0. The predicted octanol–water partition coefficient (Wildman–Crippen LogP) is 2.73. The predicted molar refractivity (Wildman–Crippen MR) is 59.7 cm³/mol. The van der Waals surface area contributed by atoms with Crippen LogP contribution in [0.25, 0.3) is 10.4 Å². The molecule has 1 heterocycles. The minimum Gasteiger partial charge on any atom is -0.508 e. The van der Waals surface area contributed by atoms with Gasteiger partial charge in [0.2, 0.25) is 0 Å². The van der Waals surface area contributed by atoms with Crippen molar-refractivity contribution in [2.75, 3.05) is 0 Å². The number of nitro groups is 1. The van der Waals surface area contributed by atoms with Gasteiger partial charge in [-0.25, -0.2) is 0 Å². The van der Waals surface area contributed by atoms with E-state index in [-0.39, 0.29) is 17.2 Å². The lowest BCUT2D eigenvalue weighted by Crippen LogP contribution is -1.82. The molecule has 2 rings (SSSR count). The van der Waals surface area contributed by atoms with Crippen LogP contribution >= 0.6 is 11.3 Å². The van der Waals surface area contributed by atoms with Crippen molar-refractivity contribution in [3.05, 3.63) is 39.8 Å². The smallest absolute Gasteiger partial charge is 0.280 e. The number of phenols is 2. The summed E-state index contributed by atoms with van der Waals surface area (Å²) in [6.45, 7) is 0. The van der Waals surface area contributed by atoms with Gasteiger partial charge in [-0.1, -0.05) is 0 Å². The van der Waals surface area contributed by atoms with Crippen LogP contribution in [0.5, 0.6) is 11.5 Å². The number of rotatable bonds is 2. The van der Waals surface area contributed by atoms with Crippen LogP contribution in [-0.2, 0) is 0 Å². The average Bonchev–Trinajstić information content (AvgIpc) is 2.66. The summed E-state index contributed by atoms with van der Waals surface area (Å²) in [5, 5.41) is 30.6. The normalized spacial score (nSPS) is 10.2. The maximum Gasteiger partial charge on any atom is 0.280 e. The molecular weight excluding hydrogens is 230 g/mol. The maximum atomic E-state index is 10.5. The van der Waals surface area contributed by atoms with E-state index >= 15 is 0 Å². The van der Waals surface area contributed by atoms with Crippen molar-refractivity contribution in [3.63, 3.8) is 0 Å². The molecule has 0 aliphatic heterocycles. The van der Waals surface area contributed by atoms with E-state index in [2.05, 4.69) is 0 Å². The molecule has 0 bridgehead atoms. The highest BCUT2D eigenvalue weighted by atomic mass is 32.1. The van der Waals surface area contributed by atoms with Gasteiger partial charge in [-0.05, 0) is 12.1 Å². The van der Waals surface area contributed by atoms with Gasteiger partial charge in [0, 0.05) is 22.6 Å². The van der Waals surface area contributed by atoms with Crippen molar-refractivity contribution < 1.29 is 15.1 Å². The molecule has 6 heteroatoms. The molecule has 82 valence electrons. The first-order chi connectivity index (χ1) is 7.58. The largest absolute Gasteiger partial charge is 0.508 e. The van der Waals surface area contributed by atoms with Crippen molar-refractivity contribution in [1.82, 2.24) is 0 Å². The van der Waals surface area contributed by atoms with E-state index in [1.165, 1.54) is 41.0 Å². The molecule has 0 saturated heterocycles. The van der Waals surface area contributed by atoms with E-state index < -0.39 is 4.92 Å². The molecular formula is C10H7NO4S. The zero-order valence-electron chi connectivity index (χ0n) is 7.95. The minimum atomic E-state index is -0.489. The van der Waals surface area contributed by atoms with E-state index in [1.807, 2.05) is 0 Å². The Hall–Kier alpha value is -2.08. The lowest BCUT2D eigenvalue weighted by atomic mass is 10.1. The second-order valence-corrected chi connectivity index (χ2v) is 4.04. The van der Waals surface area contributed by atoms with Crippen molar-refractivity contribution in [3.8, 4) is 21.9 Å². The summed E-state index contributed by atoms with van der Waals surface area (Å²) in [4.78, 5) is 10.6. The number of nitrogens with zero attached hydrogens (tertiary/aromatic N) is 1. The van der Waals surface area contributed by atoms with Crippen LogP contribution in [0, 0.1) is 10.1 Å². The Kier molecular flexibility index (Phi) is 2.49. The van der Waals surface area contributed by atoms with Crippen LogP contribution < -0.4 is 0 Å². The number of aromatic hydroxyl groups is 2. The Balaban J connectivity index is 2.46. The minimum absolute atomic E-state index is 0.00697. The summed E-state index contributed by atoms with van der Waals surface area (Å²) in [5.41, 5.74) is 0.461. The molecule has 0 aliphatic rings. The molecule has 2 aromatic rings. The van der Waals surface area contributed by atoms with Crippen LogP contribution in [0.15, 0.2) is 29.6 Å². The third kappa shape index (κ3) is 1.82. The average molecular weight is 237 g/mol. The van der Waals surface area contributed by atoms with Crippen molar-refractivity contribution in [2.24, 2.45) is 0 Å². The standard InChI is InChI=1S/C10H7NO4S/c12-7-1-2-8(9(13)4-7)10-3-6(5-16-10)11(14)15/h1-5,12-13H. The van der Waals surface area contributed by atoms with Gasteiger partial charge in [0.15, 0.2) is 0 Å². The lowest BCUT2D eigenvalue weighted by molar-refractivity contribution is -0.384. The van der Waals surface area contributed by atoms with Crippen LogP contribution in [0.1, 0.15) is 0 Å². The molecule has 1 aromatic heterocycles. The number of thiophene rings is 1. The van der Waals surface area contributed by atoms with Crippen LogP contribution in [0.4, 0.5) is 5.69 Å². The molecule has 1 aromatic carbocycles. The van der Waals surface area contributed by atoms with Gasteiger partial charge in [-0.2, -0.15) is 0 Å². The summed E-state index contributed by atoms with van der Waals surface area (Å²) >= 11 is 1.17. The highest BCUT2D eigenvalue weighted by Crippen LogP contribution is 2.37. The lowest BCUT2D eigenvalue weighted by Gasteiger charge is -2.01. The zero-order valence-corrected chi connectivity index (χ0v) is 8.77. The van der Waals surface area contributed by atoms with Gasteiger partial charge in [-0.15, -0.1) is 11.3 Å². The molecule has 0 atom stereocenters. The molecule has 0 amide bonds. The summed E-state index contributed by atoms with van der Waals surface area (Å²) in [7, 11) is 0. The third-order valence-electron chi connectivity index (χ3n) is 2.04. The summed E-state index contributed by atoms with van der Waals surface area (Å²) in [6, 6.07) is 5.51. The van der Waals surface area contributed by atoms with Crippen molar-refractivity contribution in [1.29, 1.82) is 0 Å². The highest BCUT2D eigenvalue weighted by molar-refractivity contribution is 7.14. The molecule has 0 fully saturated rings. The number of hydrogen-bond acceptors (Lipinski definition) is 5. The topological polar surface area (TPSA) is 83.6 Å². The van der Waals surface area contributed by atoms with E-state index in [0.29, 0.717) is 10.4 Å². The second kappa shape index (κ2) is 3.82.